The van der Waals surface area contributed by atoms with E-state index in [1.54, 1.807) is 0 Å². The fraction of sp³-hybridized carbons (Fsp3) is 0.125. The molecular weight excluding hydrogens is 145 g/mol. The van der Waals surface area contributed by atoms with Gasteiger partial charge in [0.25, 0.3) is 0 Å². The number of rotatable bonds is 2. The van der Waals surface area contributed by atoms with Crippen molar-refractivity contribution in [1.29, 1.82) is 0 Å². The van der Waals surface area contributed by atoms with Crippen LogP contribution in [0.2, 0.25) is 0 Å². The molecule has 0 aliphatic rings. The van der Waals surface area contributed by atoms with E-state index in [1.807, 2.05) is 0 Å². The largest absolute Gasteiger partial charge is 0.494 e. The van der Waals surface area contributed by atoms with Crippen LogP contribution >= 0.6 is 0 Å². The monoisotopic (exact) mass is 153 g/mol. The van der Waals surface area contributed by atoms with Gasteiger partial charge in [-0.25, -0.2) is 4.39 Å². The van der Waals surface area contributed by atoms with Crippen molar-refractivity contribution in [3.63, 3.8) is 0 Å². The maximum atomic E-state index is 13.0. The van der Waals surface area contributed by atoms with Gasteiger partial charge < -0.3 is 4.74 Å². The van der Waals surface area contributed by atoms with Crippen LogP contribution < -0.4 is 4.74 Å². The van der Waals surface area contributed by atoms with E-state index in [0.29, 0.717) is 0 Å². The highest BCUT2D eigenvalue weighted by Gasteiger charge is 2.05. The summed E-state index contributed by atoms with van der Waals surface area (Å²) in [5.41, 5.74) is 0.212. The lowest BCUT2D eigenvalue weighted by molar-refractivity contribution is 0.384. The Morgan fingerprint density at radius 3 is 3.00 bits per heavy atom. The minimum atomic E-state index is -0.468. The summed E-state index contributed by atoms with van der Waals surface area (Å²) in [7, 11) is 1.41. The summed E-state index contributed by atoms with van der Waals surface area (Å²) in [5.74, 6) is -0.278. The molecule has 1 aromatic heterocycles. The molecule has 1 heterocycles. The smallest absolute Gasteiger partial charge is 0.190 e. The maximum absolute atomic E-state index is 13.0. The van der Waals surface area contributed by atoms with Crippen LogP contribution in [-0.4, -0.2) is 12.1 Å². The van der Waals surface area contributed by atoms with E-state index in [-0.39, 0.29) is 11.4 Å². The Balaban J connectivity index is 3.20. The fourth-order valence-electron chi connectivity index (χ4n) is 0.741. The summed E-state index contributed by atoms with van der Waals surface area (Å²) < 4.78 is 17.7. The van der Waals surface area contributed by atoms with Gasteiger partial charge in [0.05, 0.1) is 7.11 Å². The zero-order valence-corrected chi connectivity index (χ0v) is 6.17. The number of ether oxygens (including phenoxy) is 1. The van der Waals surface area contributed by atoms with Crippen LogP contribution in [0.25, 0.3) is 6.08 Å². The van der Waals surface area contributed by atoms with Gasteiger partial charge in [-0.3, -0.25) is 4.98 Å². The van der Waals surface area contributed by atoms with Crippen molar-refractivity contribution in [3.05, 3.63) is 30.4 Å². The Kier molecular flexibility index (Phi) is 2.21. The lowest BCUT2D eigenvalue weighted by Crippen LogP contribution is -1.92. The number of halogens is 1. The standard InChI is InChI=1S/C8H8FNO/c1-3-6-8(9)7(11-2)4-5-10-6/h3-5H,1H2,2H3. The molecular formula is C8H8FNO. The molecule has 1 aromatic rings. The molecule has 58 valence electrons. The van der Waals surface area contributed by atoms with Gasteiger partial charge >= 0.3 is 0 Å². The summed E-state index contributed by atoms with van der Waals surface area (Å²) in [6, 6.07) is 1.46. The molecule has 0 aliphatic heterocycles. The second-order valence-electron chi connectivity index (χ2n) is 1.92. The van der Waals surface area contributed by atoms with E-state index in [2.05, 4.69) is 11.6 Å². The van der Waals surface area contributed by atoms with E-state index < -0.39 is 5.82 Å². The predicted octanol–water partition coefficient (Wildman–Crippen LogP) is 1.87. The highest BCUT2D eigenvalue weighted by atomic mass is 19.1. The lowest BCUT2D eigenvalue weighted by atomic mass is 10.3. The molecule has 11 heavy (non-hydrogen) atoms. The molecule has 1 rings (SSSR count). The van der Waals surface area contributed by atoms with Gasteiger partial charge in [0.2, 0.25) is 0 Å². The zero-order chi connectivity index (χ0) is 8.27. The van der Waals surface area contributed by atoms with Gasteiger partial charge in [0, 0.05) is 12.3 Å². The molecule has 3 heteroatoms. The number of pyridine rings is 1. The normalized spacial score (nSPS) is 9.27. The second kappa shape index (κ2) is 3.14. The van der Waals surface area contributed by atoms with Crippen LogP contribution in [0, 0.1) is 5.82 Å². The first-order chi connectivity index (χ1) is 5.29. The van der Waals surface area contributed by atoms with Crippen molar-refractivity contribution in [2.75, 3.05) is 7.11 Å². The second-order valence-corrected chi connectivity index (χ2v) is 1.92. The van der Waals surface area contributed by atoms with Crippen molar-refractivity contribution in [2.45, 2.75) is 0 Å². The molecule has 0 bridgehead atoms. The Hall–Kier alpha value is -1.38. The van der Waals surface area contributed by atoms with Gasteiger partial charge in [-0.1, -0.05) is 6.58 Å². The molecule has 0 atom stereocenters. The van der Waals surface area contributed by atoms with Crippen LogP contribution in [0.4, 0.5) is 4.39 Å². The van der Waals surface area contributed by atoms with Crippen LogP contribution in [0.5, 0.6) is 5.75 Å². The van der Waals surface area contributed by atoms with E-state index in [1.165, 1.54) is 25.4 Å². The molecule has 0 fully saturated rings. The minimum absolute atomic E-state index is 0.190. The van der Waals surface area contributed by atoms with E-state index >= 15 is 0 Å². The van der Waals surface area contributed by atoms with Crippen molar-refractivity contribution < 1.29 is 9.13 Å². The average molecular weight is 153 g/mol. The summed E-state index contributed by atoms with van der Waals surface area (Å²) in [6.45, 7) is 3.41. The Labute approximate surface area is 64.3 Å². The topological polar surface area (TPSA) is 22.1 Å². The van der Waals surface area contributed by atoms with Gasteiger partial charge in [0.1, 0.15) is 5.69 Å². The minimum Gasteiger partial charge on any atom is -0.494 e. The van der Waals surface area contributed by atoms with Crippen molar-refractivity contribution in [2.24, 2.45) is 0 Å². The Morgan fingerprint density at radius 2 is 2.45 bits per heavy atom. The third-order valence-electron chi connectivity index (χ3n) is 1.29. The number of hydrogen-bond acceptors (Lipinski definition) is 2. The molecule has 0 saturated heterocycles. The Morgan fingerprint density at radius 1 is 1.73 bits per heavy atom. The third kappa shape index (κ3) is 1.37. The number of methoxy groups -OCH3 is 1. The Bertz CT molecular complexity index is 273. The number of aromatic nitrogens is 1. The van der Waals surface area contributed by atoms with Gasteiger partial charge in [0.15, 0.2) is 11.6 Å². The van der Waals surface area contributed by atoms with Crippen LogP contribution in [0.15, 0.2) is 18.8 Å². The fourth-order valence-corrected chi connectivity index (χ4v) is 0.741. The summed E-state index contributed by atoms with van der Waals surface area (Å²) in [4.78, 5) is 3.73. The van der Waals surface area contributed by atoms with E-state index in [9.17, 15) is 4.39 Å². The van der Waals surface area contributed by atoms with Crippen LogP contribution in [0.1, 0.15) is 5.69 Å². The molecule has 2 nitrogen and oxygen atoms in total. The van der Waals surface area contributed by atoms with Gasteiger partial charge in [-0.2, -0.15) is 0 Å². The highest BCUT2D eigenvalue weighted by molar-refractivity contribution is 5.45. The summed E-state index contributed by atoms with van der Waals surface area (Å²) >= 11 is 0. The molecule has 0 saturated carbocycles. The molecule has 0 amide bonds. The highest BCUT2D eigenvalue weighted by Crippen LogP contribution is 2.17. The quantitative estimate of drug-likeness (QED) is 0.647. The van der Waals surface area contributed by atoms with Crippen molar-refractivity contribution in [1.82, 2.24) is 4.98 Å². The first-order valence-corrected chi connectivity index (χ1v) is 3.10. The lowest BCUT2D eigenvalue weighted by Gasteiger charge is -2.01. The average Bonchev–Trinajstić information content (AvgIpc) is 2.05. The molecule has 0 aromatic carbocycles. The molecule has 0 N–H and O–H groups in total. The van der Waals surface area contributed by atoms with Crippen LogP contribution in [0.3, 0.4) is 0 Å². The first kappa shape index (κ1) is 7.72. The third-order valence-corrected chi connectivity index (χ3v) is 1.29. The first-order valence-electron chi connectivity index (χ1n) is 3.10. The number of nitrogens with zero attached hydrogens (tertiary/aromatic N) is 1. The predicted molar refractivity (Wildman–Crippen MR) is 40.8 cm³/mol. The maximum Gasteiger partial charge on any atom is 0.190 e. The number of hydrogen-bond donors (Lipinski definition) is 0. The summed E-state index contributed by atoms with van der Waals surface area (Å²) in [6.07, 6.45) is 2.82. The van der Waals surface area contributed by atoms with E-state index in [0.717, 1.165) is 0 Å². The SMILES string of the molecule is C=Cc1nccc(OC)c1F. The van der Waals surface area contributed by atoms with Crippen molar-refractivity contribution >= 4 is 6.08 Å². The molecule has 0 spiro atoms. The van der Waals surface area contributed by atoms with E-state index in [4.69, 9.17) is 4.74 Å². The molecule has 0 aliphatic carbocycles. The van der Waals surface area contributed by atoms with Crippen LogP contribution in [-0.2, 0) is 0 Å². The molecule has 0 radical (unpaired) electrons. The summed E-state index contributed by atoms with van der Waals surface area (Å²) in [5, 5.41) is 0. The van der Waals surface area contributed by atoms with Gasteiger partial charge in [-0.05, 0) is 6.08 Å². The molecule has 0 unspecified atom stereocenters. The zero-order valence-electron chi connectivity index (χ0n) is 6.17. The van der Waals surface area contributed by atoms with Gasteiger partial charge in [-0.15, -0.1) is 0 Å². The van der Waals surface area contributed by atoms with Crippen molar-refractivity contribution in [3.8, 4) is 5.75 Å².